The topological polar surface area (TPSA) is 49.2 Å². The Kier molecular flexibility index (Phi) is 3.97. The minimum Gasteiger partial charge on any atom is -0.399 e. The fourth-order valence-corrected chi connectivity index (χ4v) is 3.08. The number of nitrogens with zero attached hydrogens (tertiary/aromatic N) is 3. The Bertz CT molecular complexity index is 892. The third-order valence-electron chi connectivity index (χ3n) is 5.31. The van der Waals surface area contributed by atoms with Gasteiger partial charge < -0.3 is 9.31 Å². The maximum Gasteiger partial charge on any atom is 0.495 e. The van der Waals surface area contributed by atoms with Crippen molar-refractivity contribution in [3.63, 3.8) is 0 Å². The second-order valence-corrected chi connectivity index (χ2v) is 7.57. The van der Waals surface area contributed by atoms with Gasteiger partial charge in [-0.25, -0.2) is 4.68 Å². The van der Waals surface area contributed by atoms with Crippen LogP contribution in [0.15, 0.2) is 60.9 Å². The van der Waals surface area contributed by atoms with Crippen molar-refractivity contribution in [1.29, 1.82) is 0 Å². The molecule has 2 aromatic carbocycles. The summed E-state index contributed by atoms with van der Waals surface area (Å²) in [4.78, 5) is 0. The van der Waals surface area contributed by atoms with Crippen LogP contribution in [0.25, 0.3) is 16.8 Å². The first kappa shape index (κ1) is 17.0. The van der Waals surface area contributed by atoms with E-state index in [9.17, 15) is 0 Å². The average Bonchev–Trinajstić information content (AvgIpc) is 3.22. The molecule has 0 N–H and O–H groups in total. The second-order valence-electron chi connectivity index (χ2n) is 7.57. The summed E-state index contributed by atoms with van der Waals surface area (Å²) in [6.45, 7) is 8.26. The highest BCUT2D eigenvalue weighted by atomic mass is 16.7. The molecule has 0 atom stereocenters. The van der Waals surface area contributed by atoms with Gasteiger partial charge in [-0.1, -0.05) is 41.6 Å². The molecule has 1 aliphatic rings. The van der Waals surface area contributed by atoms with Crippen molar-refractivity contribution in [3.05, 3.63) is 60.9 Å². The molecule has 0 aliphatic carbocycles. The highest BCUT2D eigenvalue weighted by Gasteiger charge is 2.52. The standard InChI is InChI=1S/C20H22BN3O2/c1-19(2)20(3,4)26-21(25-19)18-14-16(24-13-12-22-23-24)10-11-17(18)15-8-6-5-7-9-15/h5-14H,1-4H3. The van der Waals surface area contributed by atoms with E-state index in [-0.39, 0.29) is 0 Å². The lowest BCUT2D eigenvalue weighted by atomic mass is 9.74. The number of hydrogen-bond acceptors (Lipinski definition) is 4. The third-order valence-corrected chi connectivity index (χ3v) is 5.31. The van der Waals surface area contributed by atoms with Crippen LogP contribution in [0.3, 0.4) is 0 Å². The molecule has 3 aromatic rings. The van der Waals surface area contributed by atoms with Crippen LogP contribution in [-0.4, -0.2) is 33.3 Å². The molecule has 1 fully saturated rings. The van der Waals surface area contributed by atoms with E-state index >= 15 is 0 Å². The van der Waals surface area contributed by atoms with Crippen molar-refractivity contribution in [2.75, 3.05) is 0 Å². The smallest absolute Gasteiger partial charge is 0.399 e. The number of hydrogen-bond donors (Lipinski definition) is 0. The molecule has 5 nitrogen and oxygen atoms in total. The molecular weight excluding hydrogens is 325 g/mol. The molecule has 6 heteroatoms. The monoisotopic (exact) mass is 347 g/mol. The van der Waals surface area contributed by atoms with E-state index in [1.165, 1.54) is 0 Å². The molecule has 0 bridgehead atoms. The number of benzene rings is 2. The molecule has 0 amide bonds. The summed E-state index contributed by atoms with van der Waals surface area (Å²) in [6, 6.07) is 16.5. The maximum atomic E-state index is 6.32. The Hall–Kier alpha value is -2.44. The van der Waals surface area contributed by atoms with E-state index in [4.69, 9.17) is 9.31 Å². The molecule has 0 saturated carbocycles. The van der Waals surface area contributed by atoms with Gasteiger partial charge in [0.25, 0.3) is 0 Å². The highest BCUT2D eigenvalue weighted by molar-refractivity contribution is 6.64. The van der Waals surface area contributed by atoms with Gasteiger partial charge in [0.1, 0.15) is 0 Å². The summed E-state index contributed by atoms with van der Waals surface area (Å²) in [5.41, 5.74) is 3.34. The van der Waals surface area contributed by atoms with Gasteiger partial charge in [-0.2, -0.15) is 0 Å². The van der Waals surface area contributed by atoms with Crippen molar-refractivity contribution in [2.24, 2.45) is 0 Å². The Morgan fingerprint density at radius 1 is 0.923 bits per heavy atom. The van der Waals surface area contributed by atoms with Crippen LogP contribution in [0, 0.1) is 0 Å². The van der Waals surface area contributed by atoms with Gasteiger partial charge in [-0.15, -0.1) is 5.10 Å². The molecule has 0 radical (unpaired) electrons. The molecular formula is C20H22BN3O2. The van der Waals surface area contributed by atoms with Crippen LogP contribution in [0.1, 0.15) is 27.7 Å². The molecule has 26 heavy (non-hydrogen) atoms. The minimum atomic E-state index is -0.446. The first-order chi connectivity index (χ1) is 12.4. The fraction of sp³-hybridized carbons (Fsp3) is 0.300. The Morgan fingerprint density at radius 2 is 1.62 bits per heavy atom. The van der Waals surface area contributed by atoms with Crippen molar-refractivity contribution in [1.82, 2.24) is 15.0 Å². The number of aromatic nitrogens is 3. The predicted molar refractivity (Wildman–Crippen MR) is 103 cm³/mol. The summed E-state index contributed by atoms with van der Waals surface area (Å²) in [7, 11) is -0.446. The minimum absolute atomic E-state index is 0.394. The quantitative estimate of drug-likeness (QED) is 0.683. The Morgan fingerprint density at radius 3 is 2.23 bits per heavy atom. The molecule has 132 valence electrons. The zero-order chi connectivity index (χ0) is 18.4. The third kappa shape index (κ3) is 2.85. The van der Waals surface area contributed by atoms with Crippen molar-refractivity contribution in [2.45, 2.75) is 38.9 Å². The van der Waals surface area contributed by atoms with Crippen LogP contribution in [0.4, 0.5) is 0 Å². The van der Waals surface area contributed by atoms with Crippen molar-refractivity contribution >= 4 is 12.6 Å². The normalized spacial score (nSPS) is 18.2. The molecule has 2 heterocycles. The van der Waals surface area contributed by atoms with Crippen LogP contribution in [0.2, 0.25) is 0 Å². The van der Waals surface area contributed by atoms with Crippen LogP contribution < -0.4 is 5.46 Å². The zero-order valence-corrected chi connectivity index (χ0v) is 15.5. The zero-order valence-electron chi connectivity index (χ0n) is 15.5. The second kappa shape index (κ2) is 6.07. The Labute approximate surface area is 154 Å². The van der Waals surface area contributed by atoms with Crippen molar-refractivity contribution in [3.8, 4) is 16.8 Å². The summed E-state index contributed by atoms with van der Waals surface area (Å²) in [5.74, 6) is 0. The first-order valence-electron chi connectivity index (χ1n) is 8.79. The first-order valence-corrected chi connectivity index (χ1v) is 8.79. The molecule has 1 saturated heterocycles. The molecule has 1 aliphatic heterocycles. The average molecular weight is 347 g/mol. The highest BCUT2D eigenvalue weighted by Crippen LogP contribution is 2.37. The molecule has 4 rings (SSSR count). The van der Waals surface area contributed by atoms with Gasteiger partial charge in [0.2, 0.25) is 0 Å². The van der Waals surface area contributed by atoms with E-state index in [0.29, 0.717) is 0 Å². The SMILES string of the molecule is CC1(C)OB(c2cc(-n3ccnn3)ccc2-c2ccccc2)OC1(C)C. The van der Waals surface area contributed by atoms with Gasteiger partial charge in [0, 0.05) is 0 Å². The summed E-state index contributed by atoms with van der Waals surface area (Å²) in [6.07, 6.45) is 3.49. The van der Waals surface area contributed by atoms with Crippen LogP contribution >= 0.6 is 0 Å². The number of rotatable bonds is 3. The van der Waals surface area contributed by atoms with Gasteiger partial charge >= 0.3 is 7.12 Å². The van der Waals surface area contributed by atoms with Crippen molar-refractivity contribution < 1.29 is 9.31 Å². The maximum absolute atomic E-state index is 6.32. The Balaban J connectivity index is 1.84. The van der Waals surface area contributed by atoms with E-state index in [0.717, 1.165) is 22.3 Å². The van der Waals surface area contributed by atoms with Crippen LogP contribution in [0.5, 0.6) is 0 Å². The van der Waals surface area contributed by atoms with E-state index in [1.807, 2.05) is 30.5 Å². The van der Waals surface area contributed by atoms with Crippen LogP contribution in [-0.2, 0) is 9.31 Å². The van der Waals surface area contributed by atoms with Gasteiger partial charge in [-0.05, 0) is 56.4 Å². The lowest BCUT2D eigenvalue weighted by molar-refractivity contribution is 0.00578. The fourth-order valence-electron chi connectivity index (χ4n) is 3.08. The lowest BCUT2D eigenvalue weighted by Gasteiger charge is -2.32. The van der Waals surface area contributed by atoms with Gasteiger partial charge in [0.05, 0.1) is 29.3 Å². The lowest BCUT2D eigenvalue weighted by Crippen LogP contribution is -2.41. The van der Waals surface area contributed by atoms with E-state index in [1.54, 1.807) is 10.9 Å². The van der Waals surface area contributed by atoms with Gasteiger partial charge in [0.15, 0.2) is 0 Å². The largest absolute Gasteiger partial charge is 0.495 e. The van der Waals surface area contributed by atoms with E-state index < -0.39 is 18.3 Å². The molecule has 1 aromatic heterocycles. The summed E-state index contributed by atoms with van der Waals surface area (Å²) in [5, 5.41) is 8.00. The van der Waals surface area contributed by atoms with E-state index in [2.05, 4.69) is 62.3 Å². The molecule has 0 unspecified atom stereocenters. The summed E-state index contributed by atoms with van der Waals surface area (Å²) < 4.78 is 14.4. The molecule has 0 spiro atoms. The van der Waals surface area contributed by atoms with Gasteiger partial charge in [-0.3, -0.25) is 0 Å². The predicted octanol–water partition coefficient (Wildman–Crippen LogP) is 3.23. The summed E-state index contributed by atoms with van der Waals surface area (Å²) >= 11 is 0.